The highest BCUT2D eigenvalue weighted by molar-refractivity contribution is 5.74. The Labute approximate surface area is 96.1 Å². The van der Waals surface area contributed by atoms with Crippen molar-refractivity contribution in [2.75, 3.05) is 33.4 Å². The SMILES string of the molecule is CN(CC1CCCO1)C(=O)NC1CCOC1. The fraction of sp³-hybridized carbons (Fsp3) is 0.909. The molecule has 5 nitrogen and oxygen atoms in total. The molecule has 2 unspecified atom stereocenters. The van der Waals surface area contributed by atoms with Gasteiger partial charge in [-0.3, -0.25) is 0 Å². The zero-order valence-corrected chi connectivity index (χ0v) is 9.78. The number of ether oxygens (including phenoxy) is 2. The number of nitrogens with zero attached hydrogens (tertiary/aromatic N) is 1. The maximum absolute atomic E-state index is 11.8. The van der Waals surface area contributed by atoms with E-state index in [0.717, 1.165) is 32.5 Å². The topological polar surface area (TPSA) is 50.8 Å². The number of hydrogen-bond donors (Lipinski definition) is 1. The van der Waals surface area contributed by atoms with Crippen LogP contribution in [0.3, 0.4) is 0 Å². The predicted molar refractivity (Wildman–Crippen MR) is 59.4 cm³/mol. The van der Waals surface area contributed by atoms with Crippen LogP contribution in [-0.2, 0) is 9.47 Å². The van der Waals surface area contributed by atoms with Gasteiger partial charge in [-0.15, -0.1) is 0 Å². The van der Waals surface area contributed by atoms with Crippen molar-refractivity contribution in [3.8, 4) is 0 Å². The Morgan fingerprint density at radius 2 is 2.31 bits per heavy atom. The van der Waals surface area contributed by atoms with E-state index >= 15 is 0 Å². The van der Waals surface area contributed by atoms with Crippen molar-refractivity contribution < 1.29 is 14.3 Å². The maximum atomic E-state index is 11.8. The second-order valence-corrected chi connectivity index (χ2v) is 4.53. The van der Waals surface area contributed by atoms with Crippen molar-refractivity contribution in [3.05, 3.63) is 0 Å². The lowest BCUT2D eigenvalue weighted by atomic mass is 10.2. The summed E-state index contributed by atoms with van der Waals surface area (Å²) in [6.07, 6.45) is 3.30. The van der Waals surface area contributed by atoms with Gasteiger partial charge in [0.1, 0.15) is 0 Å². The van der Waals surface area contributed by atoms with Gasteiger partial charge < -0.3 is 19.7 Å². The van der Waals surface area contributed by atoms with Crippen LogP contribution >= 0.6 is 0 Å². The van der Waals surface area contributed by atoms with Crippen molar-refractivity contribution in [3.63, 3.8) is 0 Å². The molecule has 0 spiro atoms. The first-order valence-corrected chi connectivity index (χ1v) is 5.96. The number of amides is 2. The van der Waals surface area contributed by atoms with Gasteiger partial charge in [0.25, 0.3) is 0 Å². The molecule has 0 aromatic rings. The van der Waals surface area contributed by atoms with Crippen molar-refractivity contribution in [1.82, 2.24) is 10.2 Å². The molecule has 2 atom stereocenters. The van der Waals surface area contributed by atoms with Crippen LogP contribution < -0.4 is 5.32 Å². The van der Waals surface area contributed by atoms with E-state index in [1.807, 2.05) is 7.05 Å². The van der Waals surface area contributed by atoms with Crippen LogP contribution in [0.25, 0.3) is 0 Å². The summed E-state index contributed by atoms with van der Waals surface area (Å²) < 4.78 is 10.7. The van der Waals surface area contributed by atoms with Gasteiger partial charge in [0.15, 0.2) is 0 Å². The van der Waals surface area contributed by atoms with E-state index < -0.39 is 0 Å². The second kappa shape index (κ2) is 5.50. The summed E-state index contributed by atoms with van der Waals surface area (Å²) in [5, 5.41) is 2.96. The fourth-order valence-corrected chi connectivity index (χ4v) is 2.11. The molecule has 0 bridgehead atoms. The van der Waals surface area contributed by atoms with Crippen LogP contribution in [0, 0.1) is 0 Å². The standard InChI is InChI=1S/C11H20N2O3/c1-13(7-10-3-2-5-16-10)11(14)12-9-4-6-15-8-9/h9-10H,2-8H2,1H3,(H,12,14). The van der Waals surface area contributed by atoms with Crippen molar-refractivity contribution in [2.24, 2.45) is 0 Å². The minimum atomic E-state index is -0.0222. The van der Waals surface area contributed by atoms with Crippen molar-refractivity contribution >= 4 is 6.03 Å². The lowest BCUT2D eigenvalue weighted by Gasteiger charge is -2.22. The largest absolute Gasteiger partial charge is 0.379 e. The highest BCUT2D eigenvalue weighted by Crippen LogP contribution is 2.13. The van der Waals surface area contributed by atoms with Crippen LogP contribution in [0.15, 0.2) is 0 Å². The molecule has 0 aromatic heterocycles. The Bertz CT molecular complexity index is 235. The average Bonchev–Trinajstić information content (AvgIpc) is 2.90. The molecule has 2 saturated heterocycles. The summed E-state index contributed by atoms with van der Waals surface area (Å²) in [5.74, 6) is 0. The minimum absolute atomic E-state index is 0.0222. The van der Waals surface area contributed by atoms with Gasteiger partial charge in [-0.1, -0.05) is 0 Å². The molecule has 2 heterocycles. The molecular weight excluding hydrogens is 208 g/mol. The summed E-state index contributed by atoms with van der Waals surface area (Å²) in [6, 6.07) is 0.158. The number of urea groups is 1. The van der Waals surface area contributed by atoms with Crippen LogP contribution in [-0.4, -0.2) is 56.5 Å². The quantitative estimate of drug-likeness (QED) is 0.769. The first-order chi connectivity index (χ1) is 7.75. The minimum Gasteiger partial charge on any atom is -0.379 e. The average molecular weight is 228 g/mol. The second-order valence-electron chi connectivity index (χ2n) is 4.53. The normalized spacial score (nSPS) is 29.3. The Hall–Kier alpha value is -0.810. The van der Waals surface area contributed by atoms with Gasteiger partial charge in [-0.25, -0.2) is 4.79 Å². The molecule has 0 aromatic carbocycles. The van der Waals surface area contributed by atoms with E-state index in [1.54, 1.807) is 4.90 Å². The first-order valence-electron chi connectivity index (χ1n) is 5.96. The molecule has 92 valence electrons. The van der Waals surface area contributed by atoms with Gasteiger partial charge in [0, 0.05) is 26.8 Å². The molecule has 0 saturated carbocycles. The summed E-state index contributed by atoms with van der Waals surface area (Å²) in [4.78, 5) is 13.5. The molecular formula is C11H20N2O3. The lowest BCUT2D eigenvalue weighted by molar-refractivity contribution is 0.0868. The fourth-order valence-electron chi connectivity index (χ4n) is 2.11. The molecule has 2 aliphatic rings. The molecule has 2 amide bonds. The summed E-state index contributed by atoms with van der Waals surface area (Å²) in [5.41, 5.74) is 0. The number of carbonyl (C=O) groups is 1. The van der Waals surface area contributed by atoms with Gasteiger partial charge in [0.2, 0.25) is 0 Å². The Morgan fingerprint density at radius 3 is 2.94 bits per heavy atom. The molecule has 0 aliphatic carbocycles. The van der Waals surface area contributed by atoms with Gasteiger partial charge in [0.05, 0.1) is 18.8 Å². The molecule has 2 aliphatic heterocycles. The van der Waals surface area contributed by atoms with E-state index in [0.29, 0.717) is 13.2 Å². The summed E-state index contributed by atoms with van der Waals surface area (Å²) >= 11 is 0. The highest BCUT2D eigenvalue weighted by Gasteiger charge is 2.23. The number of carbonyl (C=O) groups excluding carboxylic acids is 1. The third kappa shape index (κ3) is 3.09. The number of rotatable bonds is 3. The van der Waals surface area contributed by atoms with Gasteiger partial charge in [-0.05, 0) is 19.3 Å². The van der Waals surface area contributed by atoms with Gasteiger partial charge in [-0.2, -0.15) is 0 Å². The third-order valence-corrected chi connectivity index (χ3v) is 3.11. The lowest BCUT2D eigenvalue weighted by Crippen LogP contribution is -2.45. The van der Waals surface area contributed by atoms with Crippen molar-refractivity contribution in [2.45, 2.75) is 31.4 Å². The molecule has 16 heavy (non-hydrogen) atoms. The van der Waals surface area contributed by atoms with Crippen LogP contribution in [0.1, 0.15) is 19.3 Å². The number of hydrogen-bond acceptors (Lipinski definition) is 3. The number of nitrogens with one attached hydrogen (secondary N) is 1. The summed E-state index contributed by atoms with van der Waals surface area (Å²) in [6.45, 7) is 2.90. The Morgan fingerprint density at radius 1 is 1.44 bits per heavy atom. The third-order valence-electron chi connectivity index (χ3n) is 3.11. The molecule has 1 N–H and O–H groups in total. The molecule has 0 radical (unpaired) electrons. The maximum Gasteiger partial charge on any atom is 0.317 e. The Balaban J connectivity index is 1.70. The van der Waals surface area contributed by atoms with Crippen molar-refractivity contribution in [1.29, 1.82) is 0 Å². The number of likely N-dealkylation sites (N-methyl/N-ethyl adjacent to an activating group) is 1. The highest BCUT2D eigenvalue weighted by atomic mass is 16.5. The zero-order valence-electron chi connectivity index (χ0n) is 9.78. The van der Waals surface area contributed by atoms with E-state index in [2.05, 4.69) is 5.32 Å². The molecule has 5 heteroatoms. The van der Waals surface area contributed by atoms with Crippen LogP contribution in [0.5, 0.6) is 0 Å². The van der Waals surface area contributed by atoms with Crippen LogP contribution in [0.2, 0.25) is 0 Å². The van der Waals surface area contributed by atoms with E-state index in [4.69, 9.17) is 9.47 Å². The van der Waals surface area contributed by atoms with E-state index in [9.17, 15) is 4.79 Å². The molecule has 2 fully saturated rings. The molecule has 2 rings (SSSR count). The van der Waals surface area contributed by atoms with Gasteiger partial charge >= 0.3 is 6.03 Å². The van der Waals surface area contributed by atoms with E-state index in [1.165, 1.54) is 0 Å². The predicted octanol–water partition coefficient (Wildman–Crippen LogP) is 0.596. The monoisotopic (exact) mass is 228 g/mol. The summed E-state index contributed by atoms with van der Waals surface area (Å²) in [7, 11) is 1.81. The first kappa shape index (κ1) is 11.7. The zero-order chi connectivity index (χ0) is 11.4. The van der Waals surface area contributed by atoms with E-state index in [-0.39, 0.29) is 18.2 Å². The van der Waals surface area contributed by atoms with Crippen LogP contribution in [0.4, 0.5) is 4.79 Å². The Kier molecular flexibility index (Phi) is 4.01. The smallest absolute Gasteiger partial charge is 0.317 e.